The first kappa shape index (κ1) is 14.4. The zero-order valence-corrected chi connectivity index (χ0v) is 13.5. The van der Waals surface area contributed by atoms with Crippen molar-refractivity contribution in [3.8, 4) is 6.07 Å². The Kier molecular flexibility index (Phi) is 4.20. The van der Waals surface area contributed by atoms with Crippen LogP contribution in [0.25, 0.3) is 0 Å². The van der Waals surface area contributed by atoms with E-state index in [9.17, 15) is 0 Å². The van der Waals surface area contributed by atoms with E-state index in [4.69, 9.17) is 5.26 Å². The van der Waals surface area contributed by atoms with Gasteiger partial charge >= 0.3 is 0 Å². The quantitative estimate of drug-likeness (QED) is 0.800. The van der Waals surface area contributed by atoms with Crippen LogP contribution in [0.2, 0.25) is 0 Å². The van der Waals surface area contributed by atoms with Gasteiger partial charge in [-0.3, -0.25) is 0 Å². The Hall–Kier alpha value is -1.01. The van der Waals surface area contributed by atoms with Gasteiger partial charge < -0.3 is 4.90 Å². The molecule has 2 rings (SSSR count). The van der Waals surface area contributed by atoms with Gasteiger partial charge in [0.1, 0.15) is 0 Å². The second kappa shape index (κ2) is 5.54. The Labute approximate surface area is 124 Å². The van der Waals surface area contributed by atoms with Crippen LogP contribution in [0, 0.1) is 29.6 Å². The first-order valence-electron chi connectivity index (χ1n) is 6.82. The second-order valence-corrected chi connectivity index (χ2v) is 7.09. The lowest BCUT2D eigenvalue weighted by molar-refractivity contribution is 0.174. The summed E-state index contributed by atoms with van der Waals surface area (Å²) in [4.78, 5) is 2.44. The highest BCUT2D eigenvalue weighted by Gasteiger charge is 2.35. The minimum atomic E-state index is 0.273. The summed E-state index contributed by atoms with van der Waals surface area (Å²) in [6.07, 6.45) is 1.80. The molecule has 3 heteroatoms. The second-order valence-electron chi connectivity index (χ2n) is 6.17. The van der Waals surface area contributed by atoms with Gasteiger partial charge in [0.25, 0.3) is 0 Å². The van der Waals surface area contributed by atoms with E-state index in [1.165, 1.54) is 11.3 Å². The fraction of sp³-hybridized carbons (Fsp3) is 0.562. The van der Waals surface area contributed by atoms with Gasteiger partial charge in [0.2, 0.25) is 0 Å². The van der Waals surface area contributed by atoms with Crippen LogP contribution in [-0.4, -0.2) is 13.1 Å². The van der Waals surface area contributed by atoms with Crippen molar-refractivity contribution in [3.63, 3.8) is 0 Å². The highest BCUT2D eigenvalue weighted by molar-refractivity contribution is 9.10. The van der Waals surface area contributed by atoms with Gasteiger partial charge in [-0.2, -0.15) is 5.26 Å². The van der Waals surface area contributed by atoms with Crippen molar-refractivity contribution in [2.75, 3.05) is 18.0 Å². The van der Waals surface area contributed by atoms with Crippen molar-refractivity contribution in [3.05, 3.63) is 28.2 Å². The fourth-order valence-electron chi connectivity index (χ4n) is 2.88. The number of halogens is 1. The molecule has 0 bridgehead atoms. The standard InChI is InChI=1S/C16H21BrN2/c1-12-10-14(17)4-5-15(12)19-9-7-16(2,3)13(11-19)6-8-18/h4-5,10,13H,6-7,9,11H2,1-3H3. The number of rotatable bonds is 2. The molecule has 1 saturated heterocycles. The van der Waals surface area contributed by atoms with Crippen molar-refractivity contribution in [2.45, 2.75) is 33.6 Å². The molecule has 102 valence electrons. The SMILES string of the molecule is Cc1cc(Br)ccc1N1CCC(C)(C)C(CC#N)C1. The first-order chi connectivity index (χ1) is 8.94. The minimum Gasteiger partial charge on any atom is -0.371 e. The van der Waals surface area contributed by atoms with Gasteiger partial charge in [-0.25, -0.2) is 0 Å². The molecule has 1 unspecified atom stereocenters. The number of aryl methyl sites for hydroxylation is 1. The van der Waals surface area contributed by atoms with Crippen molar-refractivity contribution in [1.82, 2.24) is 0 Å². The molecule has 0 amide bonds. The molecular formula is C16H21BrN2. The van der Waals surface area contributed by atoms with Gasteiger partial charge in [0.05, 0.1) is 6.07 Å². The molecule has 19 heavy (non-hydrogen) atoms. The number of piperidine rings is 1. The largest absolute Gasteiger partial charge is 0.371 e. The predicted molar refractivity (Wildman–Crippen MR) is 83.2 cm³/mol. The van der Waals surface area contributed by atoms with E-state index in [0.29, 0.717) is 12.3 Å². The van der Waals surface area contributed by atoms with Gasteiger partial charge in [-0.1, -0.05) is 29.8 Å². The van der Waals surface area contributed by atoms with Crippen LogP contribution >= 0.6 is 15.9 Å². The van der Waals surface area contributed by atoms with Crippen LogP contribution in [0.15, 0.2) is 22.7 Å². The van der Waals surface area contributed by atoms with E-state index in [1.807, 2.05) is 0 Å². The highest BCUT2D eigenvalue weighted by Crippen LogP contribution is 2.39. The fourth-order valence-corrected chi connectivity index (χ4v) is 3.35. The third-order valence-corrected chi connectivity index (χ3v) is 4.90. The summed E-state index contributed by atoms with van der Waals surface area (Å²) < 4.78 is 1.12. The van der Waals surface area contributed by atoms with E-state index in [2.05, 4.69) is 65.9 Å². The molecule has 2 nitrogen and oxygen atoms in total. The molecule has 1 fully saturated rings. The van der Waals surface area contributed by atoms with Crippen LogP contribution in [0.4, 0.5) is 5.69 Å². The first-order valence-corrected chi connectivity index (χ1v) is 7.61. The molecule has 0 aromatic heterocycles. The molecule has 0 spiro atoms. The van der Waals surface area contributed by atoms with E-state index in [1.54, 1.807) is 0 Å². The normalized spacial score (nSPS) is 22.1. The predicted octanol–water partition coefficient (Wildman–Crippen LogP) is 4.52. The minimum absolute atomic E-state index is 0.273. The number of anilines is 1. The summed E-state index contributed by atoms with van der Waals surface area (Å²) in [5.41, 5.74) is 2.88. The maximum Gasteiger partial charge on any atom is 0.0625 e. The summed E-state index contributed by atoms with van der Waals surface area (Å²) in [5.74, 6) is 0.453. The average Bonchev–Trinajstić information content (AvgIpc) is 2.33. The van der Waals surface area contributed by atoms with Crippen LogP contribution in [-0.2, 0) is 0 Å². The molecule has 1 aromatic rings. The van der Waals surface area contributed by atoms with Crippen LogP contribution < -0.4 is 4.90 Å². The molecule has 0 N–H and O–H groups in total. The monoisotopic (exact) mass is 320 g/mol. The maximum atomic E-state index is 9.02. The van der Waals surface area contributed by atoms with Crippen LogP contribution in [0.5, 0.6) is 0 Å². The molecule has 0 radical (unpaired) electrons. The maximum absolute atomic E-state index is 9.02. The lowest BCUT2D eigenvalue weighted by atomic mass is 9.72. The summed E-state index contributed by atoms with van der Waals surface area (Å²) in [5, 5.41) is 9.02. The average molecular weight is 321 g/mol. The molecule has 1 aliphatic rings. The number of nitrogens with zero attached hydrogens (tertiary/aromatic N) is 2. The van der Waals surface area contributed by atoms with Crippen molar-refractivity contribution < 1.29 is 0 Å². The van der Waals surface area contributed by atoms with Gasteiger partial charge in [-0.05, 0) is 48.4 Å². The number of hydrogen-bond donors (Lipinski definition) is 0. The molecule has 1 heterocycles. The number of hydrogen-bond acceptors (Lipinski definition) is 2. The smallest absolute Gasteiger partial charge is 0.0625 e. The Balaban J connectivity index is 2.21. The molecule has 0 aliphatic carbocycles. The lowest BCUT2D eigenvalue weighted by Gasteiger charge is -2.44. The zero-order valence-electron chi connectivity index (χ0n) is 11.9. The van der Waals surface area contributed by atoms with E-state index >= 15 is 0 Å². The number of benzene rings is 1. The van der Waals surface area contributed by atoms with E-state index in [-0.39, 0.29) is 5.41 Å². The van der Waals surface area contributed by atoms with Crippen LogP contribution in [0.3, 0.4) is 0 Å². The highest BCUT2D eigenvalue weighted by atomic mass is 79.9. The number of nitriles is 1. The summed E-state index contributed by atoms with van der Waals surface area (Å²) in [6, 6.07) is 8.80. The lowest BCUT2D eigenvalue weighted by Crippen LogP contribution is -2.45. The summed E-state index contributed by atoms with van der Waals surface area (Å²) >= 11 is 3.51. The Morgan fingerprint density at radius 2 is 2.21 bits per heavy atom. The molecular weight excluding hydrogens is 300 g/mol. The molecule has 1 atom stereocenters. The molecule has 0 saturated carbocycles. The Bertz CT molecular complexity index is 502. The molecule has 1 aromatic carbocycles. The van der Waals surface area contributed by atoms with Crippen molar-refractivity contribution in [1.29, 1.82) is 5.26 Å². The Morgan fingerprint density at radius 3 is 2.84 bits per heavy atom. The van der Waals surface area contributed by atoms with Gasteiger partial charge in [-0.15, -0.1) is 0 Å². The third kappa shape index (κ3) is 3.12. The Morgan fingerprint density at radius 1 is 1.47 bits per heavy atom. The van der Waals surface area contributed by atoms with Crippen LogP contribution in [0.1, 0.15) is 32.3 Å². The molecule has 1 aliphatic heterocycles. The topological polar surface area (TPSA) is 27.0 Å². The third-order valence-electron chi connectivity index (χ3n) is 4.41. The van der Waals surface area contributed by atoms with E-state index in [0.717, 1.165) is 24.0 Å². The van der Waals surface area contributed by atoms with Crippen molar-refractivity contribution >= 4 is 21.6 Å². The summed E-state index contributed by atoms with van der Waals surface area (Å²) in [7, 11) is 0. The summed E-state index contributed by atoms with van der Waals surface area (Å²) in [6.45, 7) is 8.81. The van der Waals surface area contributed by atoms with Crippen molar-refractivity contribution in [2.24, 2.45) is 11.3 Å². The van der Waals surface area contributed by atoms with E-state index < -0.39 is 0 Å². The zero-order chi connectivity index (χ0) is 14.0. The van der Waals surface area contributed by atoms with Gasteiger partial charge in [0.15, 0.2) is 0 Å². The van der Waals surface area contributed by atoms with Gasteiger partial charge in [0, 0.05) is 29.7 Å².